The fourth-order valence-electron chi connectivity index (χ4n) is 2.61. The fourth-order valence-corrected chi connectivity index (χ4v) is 4.14. The van der Waals surface area contributed by atoms with E-state index in [1.807, 2.05) is 29.0 Å². The first-order chi connectivity index (χ1) is 11.8. The molecule has 0 saturated carbocycles. The van der Waals surface area contributed by atoms with Crippen LogP contribution < -0.4 is 5.32 Å². The van der Waals surface area contributed by atoms with E-state index in [1.54, 1.807) is 22.7 Å². The van der Waals surface area contributed by atoms with E-state index in [0.717, 1.165) is 34.7 Å². The number of thiophene rings is 1. The number of hydrogen-bond donors (Lipinski definition) is 1. The third kappa shape index (κ3) is 4.30. The fraction of sp³-hybridized carbons (Fsp3) is 0.263. The lowest BCUT2D eigenvalue weighted by Crippen LogP contribution is -2.29. The highest BCUT2D eigenvalue weighted by Gasteiger charge is 2.15. The summed E-state index contributed by atoms with van der Waals surface area (Å²) in [5.74, 6) is 0.0273. The Balaban J connectivity index is 1.64. The first kappa shape index (κ1) is 16.9. The van der Waals surface area contributed by atoms with Gasteiger partial charge in [0.1, 0.15) is 5.01 Å². The van der Waals surface area contributed by atoms with Gasteiger partial charge < -0.3 is 5.32 Å². The molecule has 3 nitrogen and oxygen atoms in total. The molecule has 3 aromatic rings. The van der Waals surface area contributed by atoms with Crippen LogP contribution in [0.5, 0.6) is 0 Å². The molecule has 0 bridgehead atoms. The van der Waals surface area contributed by atoms with Crippen molar-refractivity contribution in [2.45, 2.75) is 32.2 Å². The van der Waals surface area contributed by atoms with Crippen LogP contribution in [0, 0.1) is 0 Å². The zero-order valence-corrected chi connectivity index (χ0v) is 15.2. The number of thiazole rings is 1. The Morgan fingerprint density at radius 3 is 2.75 bits per heavy atom. The van der Waals surface area contributed by atoms with Crippen LogP contribution in [0.1, 0.15) is 37.1 Å². The highest BCUT2D eigenvalue weighted by atomic mass is 32.1. The Morgan fingerprint density at radius 1 is 1.21 bits per heavy atom. The average Bonchev–Trinajstić information content (AvgIpc) is 3.26. The number of rotatable bonds is 7. The molecular formula is C19H20N2OS2. The SMILES string of the molecule is CCC[C@H](NC(=O)Cc1csc(-c2ccsc2)n1)c1ccccc1. The van der Waals surface area contributed by atoms with Crippen LogP contribution >= 0.6 is 22.7 Å². The van der Waals surface area contributed by atoms with Gasteiger partial charge in [0, 0.05) is 16.3 Å². The Labute approximate surface area is 150 Å². The maximum absolute atomic E-state index is 12.4. The van der Waals surface area contributed by atoms with Crippen molar-refractivity contribution in [3.05, 3.63) is 63.8 Å². The number of carbonyl (C=O) groups is 1. The molecule has 24 heavy (non-hydrogen) atoms. The van der Waals surface area contributed by atoms with Gasteiger partial charge in [-0.2, -0.15) is 11.3 Å². The number of aromatic nitrogens is 1. The Bertz CT molecular complexity index is 766. The number of benzene rings is 1. The van der Waals surface area contributed by atoms with Crippen molar-refractivity contribution in [3.63, 3.8) is 0 Å². The van der Waals surface area contributed by atoms with E-state index in [-0.39, 0.29) is 11.9 Å². The van der Waals surface area contributed by atoms with E-state index in [4.69, 9.17) is 0 Å². The first-order valence-electron chi connectivity index (χ1n) is 8.07. The molecule has 1 atom stereocenters. The summed E-state index contributed by atoms with van der Waals surface area (Å²) in [5, 5.41) is 10.2. The summed E-state index contributed by atoms with van der Waals surface area (Å²) < 4.78 is 0. The summed E-state index contributed by atoms with van der Waals surface area (Å²) in [7, 11) is 0. The molecule has 0 aliphatic heterocycles. The van der Waals surface area contributed by atoms with Gasteiger partial charge in [-0.05, 0) is 23.4 Å². The lowest BCUT2D eigenvalue weighted by Gasteiger charge is -2.18. The van der Waals surface area contributed by atoms with Crippen LogP contribution in [0.2, 0.25) is 0 Å². The Kier molecular flexibility index (Phi) is 5.77. The van der Waals surface area contributed by atoms with Gasteiger partial charge in [0.25, 0.3) is 0 Å². The third-order valence-corrected chi connectivity index (χ3v) is 5.40. The van der Waals surface area contributed by atoms with Crippen molar-refractivity contribution in [1.82, 2.24) is 10.3 Å². The van der Waals surface area contributed by atoms with E-state index < -0.39 is 0 Å². The molecule has 0 aliphatic carbocycles. The number of carbonyl (C=O) groups excluding carboxylic acids is 1. The molecule has 5 heteroatoms. The van der Waals surface area contributed by atoms with E-state index in [1.165, 1.54) is 0 Å². The molecule has 1 aromatic carbocycles. The van der Waals surface area contributed by atoms with Gasteiger partial charge >= 0.3 is 0 Å². The van der Waals surface area contributed by atoms with Crippen molar-refractivity contribution in [3.8, 4) is 10.6 Å². The molecule has 0 spiro atoms. The van der Waals surface area contributed by atoms with Gasteiger partial charge in [0.15, 0.2) is 0 Å². The van der Waals surface area contributed by atoms with Gasteiger partial charge in [-0.15, -0.1) is 11.3 Å². The largest absolute Gasteiger partial charge is 0.349 e. The maximum Gasteiger partial charge on any atom is 0.226 e. The second kappa shape index (κ2) is 8.22. The van der Waals surface area contributed by atoms with E-state index >= 15 is 0 Å². The zero-order valence-electron chi connectivity index (χ0n) is 13.6. The van der Waals surface area contributed by atoms with E-state index in [2.05, 4.69) is 40.8 Å². The van der Waals surface area contributed by atoms with Crippen LogP contribution in [0.3, 0.4) is 0 Å². The number of amides is 1. The third-order valence-electron chi connectivity index (χ3n) is 3.78. The molecule has 3 rings (SSSR count). The molecule has 2 aromatic heterocycles. The first-order valence-corrected chi connectivity index (χ1v) is 9.89. The number of nitrogens with one attached hydrogen (secondary N) is 1. The maximum atomic E-state index is 12.4. The molecule has 0 fully saturated rings. The minimum absolute atomic E-state index is 0.0273. The van der Waals surface area contributed by atoms with Crippen molar-refractivity contribution in [2.24, 2.45) is 0 Å². The summed E-state index contributed by atoms with van der Waals surface area (Å²) in [6.07, 6.45) is 2.29. The summed E-state index contributed by atoms with van der Waals surface area (Å²) in [6.45, 7) is 2.13. The number of hydrogen-bond acceptors (Lipinski definition) is 4. The topological polar surface area (TPSA) is 42.0 Å². The van der Waals surface area contributed by atoms with E-state index in [9.17, 15) is 4.79 Å². The van der Waals surface area contributed by atoms with Gasteiger partial charge in [-0.25, -0.2) is 4.98 Å². The molecule has 0 aliphatic rings. The molecule has 1 N–H and O–H groups in total. The predicted octanol–water partition coefficient (Wildman–Crippen LogP) is 5.07. The summed E-state index contributed by atoms with van der Waals surface area (Å²) in [6, 6.07) is 12.3. The van der Waals surface area contributed by atoms with Crippen LogP contribution in [-0.2, 0) is 11.2 Å². The van der Waals surface area contributed by atoms with Crippen molar-refractivity contribution in [1.29, 1.82) is 0 Å². The second-order valence-corrected chi connectivity index (χ2v) is 7.29. The van der Waals surface area contributed by atoms with Crippen LogP contribution in [0.15, 0.2) is 52.5 Å². The Hall–Kier alpha value is -1.98. The second-order valence-electron chi connectivity index (χ2n) is 5.65. The van der Waals surface area contributed by atoms with Crippen molar-refractivity contribution >= 4 is 28.6 Å². The molecule has 2 heterocycles. The monoisotopic (exact) mass is 356 g/mol. The van der Waals surface area contributed by atoms with Crippen molar-refractivity contribution < 1.29 is 4.79 Å². The van der Waals surface area contributed by atoms with Gasteiger partial charge in [-0.1, -0.05) is 43.7 Å². The van der Waals surface area contributed by atoms with Gasteiger partial charge in [-0.3, -0.25) is 4.79 Å². The highest BCUT2D eigenvalue weighted by molar-refractivity contribution is 7.14. The zero-order chi connectivity index (χ0) is 16.8. The quantitative estimate of drug-likeness (QED) is 0.642. The lowest BCUT2D eigenvalue weighted by molar-refractivity contribution is -0.121. The molecule has 124 valence electrons. The summed E-state index contributed by atoms with van der Waals surface area (Å²) in [5.41, 5.74) is 3.12. The molecule has 0 saturated heterocycles. The lowest BCUT2D eigenvalue weighted by atomic mass is 10.0. The normalized spacial score (nSPS) is 12.0. The average molecular weight is 357 g/mol. The predicted molar refractivity (Wildman–Crippen MR) is 101 cm³/mol. The van der Waals surface area contributed by atoms with Gasteiger partial charge in [0.05, 0.1) is 18.2 Å². The number of nitrogens with zero attached hydrogens (tertiary/aromatic N) is 1. The standard InChI is InChI=1S/C19H20N2OS2/c1-2-6-17(14-7-4-3-5-8-14)21-18(22)11-16-13-24-19(20-16)15-9-10-23-12-15/h3-5,7-10,12-13,17H,2,6,11H2,1H3,(H,21,22)/t17-/m0/s1. The van der Waals surface area contributed by atoms with Crippen LogP contribution in [0.4, 0.5) is 0 Å². The molecule has 0 unspecified atom stereocenters. The van der Waals surface area contributed by atoms with Crippen molar-refractivity contribution in [2.75, 3.05) is 0 Å². The molecular weight excluding hydrogens is 336 g/mol. The minimum atomic E-state index is 0.0273. The molecule has 0 radical (unpaired) electrons. The van der Waals surface area contributed by atoms with Crippen LogP contribution in [0.25, 0.3) is 10.6 Å². The van der Waals surface area contributed by atoms with E-state index in [0.29, 0.717) is 6.42 Å². The summed E-state index contributed by atoms with van der Waals surface area (Å²) >= 11 is 3.25. The minimum Gasteiger partial charge on any atom is -0.349 e. The van der Waals surface area contributed by atoms with Crippen LogP contribution in [-0.4, -0.2) is 10.9 Å². The molecule has 1 amide bonds. The summed E-state index contributed by atoms with van der Waals surface area (Å²) in [4.78, 5) is 17.0. The van der Waals surface area contributed by atoms with Gasteiger partial charge in [0.2, 0.25) is 5.91 Å². The smallest absolute Gasteiger partial charge is 0.226 e. The Morgan fingerprint density at radius 2 is 2.04 bits per heavy atom. The highest BCUT2D eigenvalue weighted by Crippen LogP contribution is 2.26.